The van der Waals surface area contributed by atoms with Crippen LogP contribution >= 0.6 is 0 Å². The van der Waals surface area contributed by atoms with Crippen LogP contribution in [0.3, 0.4) is 0 Å². The zero-order chi connectivity index (χ0) is 22.6. The van der Waals surface area contributed by atoms with E-state index >= 15 is 0 Å². The molecule has 4 rings (SSSR count). The van der Waals surface area contributed by atoms with Crippen LogP contribution in [0.25, 0.3) is 0 Å². The zero-order valence-electron chi connectivity index (χ0n) is 18.6. The highest BCUT2D eigenvalue weighted by Crippen LogP contribution is 2.14. The Morgan fingerprint density at radius 3 is 1.33 bits per heavy atom. The lowest BCUT2D eigenvalue weighted by Crippen LogP contribution is -1.95. The van der Waals surface area contributed by atoms with Crippen molar-refractivity contribution in [1.82, 2.24) is 20.4 Å². The first-order valence-electron chi connectivity index (χ1n) is 11.3. The lowest BCUT2D eigenvalue weighted by molar-refractivity contribution is 0.258. The lowest BCUT2D eigenvalue weighted by atomic mass is 10.1. The molecule has 33 heavy (non-hydrogen) atoms. The van der Waals surface area contributed by atoms with Crippen LogP contribution in [-0.2, 0) is 26.1 Å². The number of unbranched alkanes of at least 4 members (excludes halogenated alkanes) is 4. The number of aryl methyl sites for hydroxylation is 2. The Morgan fingerprint density at radius 1 is 0.485 bits per heavy atom. The molecule has 0 atom stereocenters. The summed E-state index contributed by atoms with van der Waals surface area (Å²) < 4.78 is 22.6. The van der Waals surface area contributed by atoms with E-state index in [0.717, 1.165) is 56.4 Å². The van der Waals surface area contributed by atoms with E-state index in [-0.39, 0.29) is 13.2 Å². The summed E-state index contributed by atoms with van der Waals surface area (Å²) in [6, 6.07) is 19.2. The molecule has 0 aliphatic rings. The number of benzene rings is 2. The van der Waals surface area contributed by atoms with Gasteiger partial charge in [-0.25, -0.2) is 0 Å². The molecule has 0 saturated carbocycles. The second-order valence-corrected chi connectivity index (χ2v) is 7.65. The fourth-order valence-electron chi connectivity index (χ4n) is 3.30. The molecule has 0 aliphatic carbocycles. The maximum atomic E-state index is 5.66. The highest BCUT2D eigenvalue weighted by atomic mass is 16.5. The van der Waals surface area contributed by atoms with Crippen molar-refractivity contribution < 1.29 is 18.3 Å². The number of rotatable bonds is 14. The van der Waals surface area contributed by atoms with Gasteiger partial charge in [0.2, 0.25) is 11.8 Å². The predicted octanol–water partition coefficient (Wildman–Crippen LogP) is 5.35. The van der Waals surface area contributed by atoms with Gasteiger partial charge in [0.05, 0.1) is 0 Å². The number of aromatic nitrogens is 4. The summed E-state index contributed by atoms with van der Waals surface area (Å²) in [6.07, 6.45) is 6.96. The van der Waals surface area contributed by atoms with Crippen molar-refractivity contribution in [1.29, 1.82) is 0 Å². The first kappa shape index (κ1) is 22.5. The quantitative estimate of drug-likeness (QED) is 0.238. The molecule has 0 aliphatic heterocycles. The maximum Gasteiger partial charge on any atom is 0.253 e. The third-order valence-electron chi connectivity index (χ3n) is 5.01. The van der Waals surface area contributed by atoms with Crippen molar-refractivity contribution in [2.45, 2.75) is 58.2 Å². The SMILES string of the molecule is c1ccc(OCc2nnc(CCCCCCCc3nnc(COc4ccccc4)o3)o2)cc1. The summed E-state index contributed by atoms with van der Waals surface area (Å²) in [5.74, 6) is 3.91. The molecule has 0 N–H and O–H groups in total. The second kappa shape index (κ2) is 12.4. The van der Waals surface area contributed by atoms with Gasteiger partial charge in [-0.1, -0.05) is 55.7 Å². The van der Waals surface area contributed by atoms with Crippen LogP contribution in [0.2, 0.25) is 0 Å². The molecule has 0 saturated heterocycles. The van der Waals surface area contributed by atoms with E-state index in [0.29, 0.717) is 23.6 Å². The van der Waals surface area contributed by atoms with Crippen LogP contribution in [0.5, 0.6) is 11.5 Å². The number of nitrogens with zero attached hydrogens (tertiary/aromatic N) is 4. The van der Waals surface area contributed by atoms with E-state index in [4.69, 9.17) is 18.3 Å². The Kier molecular flexibility index (Phi) is 8.45. The Morgan fingerprint density at radius 2 is 0.879 bits per heavy atom. The van der Waals surface area contributed by atoms with E-state index < -0.39 is 0 Å². The predicted molar refractivity (Wildman–Crippen MR) is 121 cm³/mol. The smallest absolute Gasteiger partial charge is 0.253 e. The minimum Gasteiger partial charge on any atom is -0.484 e. The first-order chi connectivity index (χ1) is 16.3. The number of para-hydroxylation sites is 2. The molecular weight excluding hydrogens is 420 g/mol. The molecule has 172 valence electrons. The normalized spacial score (nSPS) is 10.9. The summed E-state index contributed by atoms with van der Waals surface area (Å²) >= 11 is 0. The molecule has 8 nitrogen and oxygen atoms in total. The van der Waals surface area contributed by atoms with Gasteiger partial charge in [-0.3, -0.25) is 0 Å². The molecule has 0 radical (unpaired) electrons. The van der Waals surface area contributed by atoms with Crippen molar-refractivity contribution in [2.75, 3.05) is 0 Å². The van der Waals surface area contributed by atoms with Crippen molar-refractivity contribution in [2.24, 2.45) is 0 Å². The summed E-state index contributed by atoms with van der Waals surface area (Å²) in [5, 5.41) is 16.3. The summed E-state index contributed by atoms with van der Waals surface area (Å²) in [6.45, 7) is 0.569. The van der Waals surface area contributed by atoms with Gasteiger partial charge in [0.25, 0.3) is 11.8 Å². The van der Waals surface area contributed by atoms with Gasteiger partial charge in [0.15, 0.2) is 13.2 Å². The van der Waals surface area contributed by atoms with E-state index in [9.17, 15) is 0 Å². The average molecular weight is 449 g/mol. The average Bonchev–Trinajstić information content (AvgIpc) is 3.51. The highest BCUT2D eigenvalue weighted by Gasteiger charge is 2.08. The summed E-state index contributed by atoms with van der Waals surface area (Å²) in [7, 11) is 0. The van der Waals surface area contributed by atoms with Gasteiger partial charge in [0, 0.05) is 12.8 Å². The van der Waals surface area contributed by atoms with Crippen LogP contribution < -0.4 is 9.47 Å². The fraction of sp³-hybridized carbons (Fsp3) is 0.360. The van der Waals surface area contributed by atoms with Crippen LogP contribution in [-0.4, -0.2) is 20.4 Å². The van der Waals surface area contributed by atoms with E-state index in [2.05, 4.69) is 20.4 Å². The number of hydrogen-bond acceptors (Lipinski definition) is 8. The van der Waals surface area contributed by atoms with Gasteiger partial charge in [-0.2, -0.15) is 0 Å². The molecular formula is C25H28N4O4. The number of ether oxygens (including phenoxy) is 2. The Hall–Kier alpha value is -3.68. The van der Waals surface area contributed by atoms with Crippen LogP contribution in [0, 0.1) is 0 Å². The molecule has 2 heterocycles. The number of hydrogen-bond donors (Lipinski definition) is 0. The molecule has 0 spiro atoms. The topological polar surface area (TPSA) is 96.3 Å². The maximum absolute atomic E-state index is 5.66. The monoisotopic (exact) mass is 448 g/mol. The Balaban J connectivity index is 1.04. The van der Waals surface area contributed by atoms with Gasteiger partial charge >= 0.3 is 0 Å². The molecule has 2 aromatic carbocycles. The van der Waals surface area contributed by atoms with Gasteiger partial charge in [0.1, 0.15) is 11.5 Å². The third kappa shape index (κ3) is 7.75. The minimum atomic E-state index is 0.285. The third-order valence-corrected chi connectivity index (χ3v) is 5.01. The molecule has 0 fully saturated rings. The minimum absolute atomic E-state index is 0.285. The largest absolute Gasteiger partial charge is 0.484 e. The van der Waals surface area contributed by atoms with Crippen LogP contribution in [0.1, 0.15) is 55.7 Å². The van der Waals surface area contributed by atoms with E-state index in [1.807, 2.05) is 60.7 Å². The standard InChI is InChI=1S/C25H28N4O4/c1(2-10-16-22-26-28-24(32-22)18-30-20-12-6-4-7-13-20)3-11-17-23-27-29-25(33-23)19-31-21-14-8-5-9-15-21/h4-9,12-15H,1-3,10-11,16-19H2. The van der Waals surface area contributed by atoms with Gasteiger partial charge in [-0.15, -0.1) is 20.4 Å². The van der Waals surface area contributed by atoms with Gasteiger partial charge in [-0.05, 0) is 37.1 Å². The molecule has 0 bridgehead atoms. The second-order valence-electron chi connectivity index (χ2n) is 7.65. The van der Waals surface area contributed by atoms with Crippen molar-refractivity contribution in [3.05, 3.63) is 84.2 Å². The van der Waals surface area contributed by atoms with E-state index in [1.54, 1.807) is 0 Å². The summed E-state index contributed by atoms with van der Waals surface area (Å²) in [4.78, 5) is 0. The van der Waals surface area contributed by atoms with Crippen molar-refractivity contribution in [3.8, 4) is 11.5 Å². The molecule has 4 aromatic rings. The highest BCUT2D eigenvalue weighted by molar-refractivity contribution is 5.21. The van der Waals surface area contributed by atoms with Crippen molar-refractivity contribution >= 4 is 0 Å². The van der Waals surface area contributed by atoms with Crippen LogP contribution in [0.15, 0.2) is 69.5 Å². The molecule has 0 unspecified atom stereocenters. The fourth-order valence-corrected chi connectivity index (χ4v) is 3.30. The Labute approximate surface area is 193 Å². The molecule has 0 amide bonds. The summed E-state index contributed by atoms with van der Waals surface area (Å²) in [5.41, 5.74) is 0. The molecule has 2 aromatic heterocycles. The van der Waals surface area contributed by atoms with E-state index in [1.165, 1.54) is 0 Å². The first-order valence-corrected chi connectivity index (χ1v) is 11.3. The van der Waals surface area contributed by atoms with Crippen molar-refractivity contribution in [3.63, 3.8) is 0 Å². The zero-order valence-corrected chi connectivity index (χ0v) is 18.6. The van der Waals surface area contributed by atoms with Crippen LogP contribution in [0.4, 0.5) is 0 Å². The molecule has 8 heteroatoms. The Bertz CT molecular complexity index is 980. The van der Waals surface area contributed by atoms with Gasteiger partial charge < -0.3 is 18.3 Å². The lowest BCUT2D eigenvalue weighted by Gasteiger charge is -2.02.